The number of aromatic nitrogens is 4. The average molecular weight is 366 g/mol. The Balaban J connectivity index is 1.75. The van der Waals surface area contributed by atoms with E-state index in [0.717, 1.165) is 23.4 Å². The van der Waals surface area contributed by atoms with E-state index in [-0.39, 0.29) is 5.28 Å². The van der Waals surface area contributed by atoms with Crippen molar-refractivity contribution in [2.24, 2.45) is 0 Å². The van der Waals surface area contributed by atoms with Crippen LogP contribution in [0.4, 0.5) is 5.69 Å². The van der Waals surface area contributed by atoms with Crippen LogP contribution in [0.25, 0.3) is 16.8 Å². The van der Waals surface area contributed by atoms with Crippen LogP contribution in [0.3, 0.4) is 0 Å². The standard InChI is InChI=1S/C19H16ClN5O/c1-2-21-14-8-9-16(15(12-14)13-6-4-3-5-7-13)26-18-11-10-17-22-23-19(20)25(17)24-18/h3-12,21H,2H2,1H3. The van der Waals surface area contributed by atoms with Gasteiger partial charge in [-0.3, -0.25) is 0 Å². The number of fused-ring (bicyclic) bond motifs is 1. The van der Waals surface area contributed by atoms with Gasteiger partial charge in [-0.1, -0.05) is 30.3 Å². The first-order valence-electron chi connectivity index (χ1n) is 8.24. The van der Waals surface area contributed by atoms with Gasteiger partial charge in [-0.2, -0.15) is 4.52 Å². The van der Waals surface area contributed by atoms with Crippen LogP contribution in [-0.4, -0.2) is 26.4 Å². The van der Waals surface area contributed by atoms with Gasteiger partial charge in [0.1, 0.15) is 5.75 Å². The van der Waals surface area contributed by atoms with Crippen LogP contribution >= 0.6 is 11.6 Å². The van der Waals surface area contributed by atoms with Crippen molar-refractivity contribution in [3.63, 3.8) is 0 Å². The summed E-state index contributed by atoms with van der Waals surface area (Å²) in [5, 5.41) is 15.6. The Labute approximate surface area is 155 Å². The zero-order valence-corrected chi connectivity index (χ0v) is 14.8. The van der Waals surface area contributed by atoms with Crippen LogP contribution in [0.1, 0.15) is 6.92 Å². The molecule has 4 rings (SSSR count). The van der Waals surface area contributed by atoms with E-state index in [1.54, 1.807) is 12.1 Å². The molecule has 0 bridgehead atoms. The fourth-order valence-corrected chi connectivity index (χ4v) is 2.85. The van der Waals surface area contributed by atoms with Crippen LogP contribution in [0.5, 0.6) is 11.6 Å². The van der Waals surface area contributed by atoms with Crippen molar-refractivity contribution < 1.29 is 4.74 Å². The lowest BCUT2D eigenvalue weighted by atomic mass is 10.0. The Morgan fingerprint density at radius 1 is 1.04 bits per heavy atom. The lowest BCUT2D eigenvalue weighted by Crippen LogP contribution is -1.99. The zero-order chi connectivity index (χ0) is 17.9. The molecule has 0 amide bonds. The van der Waals surface area contributed by atoms with Crippen LogP contribution in [0.2, 0.25) is 5.28 Å². The Morgan fingerprint density at radius 3 is 2.69 bits per heavy atom. The number of halogens is 1. The van der Waals surface area contributed by atoms with Gasteiger partial charge >= 0.3 is 0 Å². The molecule has 0 saturated heterocycles. The van der Waals surface area contributed by atoms with E-state index >= 15 is 0 Å². The number of hydrogen-bond acceptors (Lipinski definition) is 5. The Kier molecular flexibility index (Phi) is 4.41. The molecule has 1 N–H and O–H groups in total. The Bertz CT molecular complexity index is 1050. The number of anilines is 1. The van der Waals surface area contributed by atoms with Gasteiger partial charge < -0.3 is 10.1 Å². The summed E-state index contributed by atoms with van der Waals surface area (Å²) in [6.07, 6.45) is 0. The highest BCUT2D eigenvalue weighted by Crippen LogP contribution is 2.35. The summed E-state index contributed by atoms with van der Waals surface area (Å²) in [4.78, 5) is 0. The molecule has 0 unspecified atom stereocenters. The second-order valence-corrected chi connectivity index (χ2v) is 5.96. The van der Waals surface area contributed by atoms with E-state index in [0.29, 0.717) is 17.3 Å². The van der Waals surface area contributed by atoms with Gasteiger partial charge in [0.05, 0.1) is 0 Å². The maximum atomic E-state index is 6.06. The number of hydrogen-bond donors (Lipinski definition) is 1. The number of benzene rings is 2. The number of nitrogens with one attached hydrogen (secondary N) is 1. The molecule has 6 nitrogen and oxygen atoms in total. The second kappa shape index (κ2) is 7.01. The number of ether oxygens (including phenoxy) is 1. The predicted octanol–water partition coefficient (Wildman–Crippen LogP) is 4.67. The smallest absolute Gasteiger partial charge is 0.246 e. The minimum absolute atomic E-state index is 0.191. The molecule has 0 aliphatic carbocycles. The summed E-state index contributed by atoms with van der Waals surface area (Å²) in [6.45, 7) is 2.91. The SMILES string of the molecule is CCNc1ccc(Oc2ccc3nnc(Cl)n3n2)c(-c2ccccc2)c1. The summed E-state index contributed by atoms with van der Waals surface area (Å²) in [7, 11) is 0. The maximum Gasteiger partial charge on any atom is 0.246 e. The predicted molar refractivity (Wildman–Crippen MR) is 102 cm³/mol. The molecule has 0 aliphatic heterocycles. The van der Waals surface area contributed by atoms with Gasteiger partial charge in [0, 0.05) is 23.9 Å². The molecule has 7 heteroatoms. The molecule has 2 aromatic heterocycles. The number of rotatable bonds is 5. The van der Waals surface area contributed by atoms with E-state index < -0.39 is 0 Å². The topological polar surface area (TPSA) is 64.3 Å². The largest absolute Gasteiger partial charge is 0.437 e. The minimum atomic E-state index is 0.191. The van der Waals surface area contributed by atoms with Crippen molar-refractivity contribution in [1.29, 1.82) is 0 Å². The fourth-order valence-electron chi connectivity index (χ4n) is 2.69. The van der Waals surface area contributed by atoms with E-state index in [1.807, 2.05) is 42.5 Å². The van der Waals surface area contributed by atoms with Gasteiger partial charge in [0.25, 0.3) is 0 Å². The number of nitrogens with zero attached hydrogens (tertiary/aromatic N) is 4. The molecule has 0 spiro atoms. The van der Waals surface area contributed by atoms with Gasteiger partial charge in [0.15, 0.2) is 5.65 Å². The van der Waals surface area contributed by atoms with Crippen molar-refractivity contribution in [3.05, 3.63) is 65.9 Å². The van der Waals surface area contributed by atoms with Crippen LogP contribution in [0, 0.1) is 0 Å². The van der Waals surface area contributed by atoms with E-state index in [1.165, 1.54) is 4.52 Å². The average Bonchev–Trinajstić information content (AvgIpc) is 3.04. The molecule has 0 atom stereocenters. The van der Waals surface area contributed by atoms with E-state index in [4.69, 9.17) is 16.3 Å². The molecule has 130 valence electrons. The van der Waals surface area contributed by atoms with Crippen LogP contribution in [0.15, 0.2) is 60.7 Å². The van der Waals surface area contributed by atoms with E-state index in [2.05, 4.69) is 33.6 Å². The fraction of sp³-hybridized carbons (Fsp3) is 0.105. The molecular weight excluding hydrogens is 350 g/mol. The highest BCUT2D eigenvalue weighted by molar-refractivity contribution is 6.28. The summed E-state index contributed by atoms with van der Waals surface area (Å²) in [5.41, 5.74) is 3.63. The highest BCUT2D eigenvalue weighted by atomic mass is 35.5. The molecular formula is C19H16ClN5O. The maximum absolute atomic E-state index is 6.06. The monoisotopic (exact) mass is 365 g/mol. The first-order chi connectivity index (χ1) is 12.7. The lowest BCUT2D eigenvalue weighted by molar-refractivity contribution is 0.454. The van der Waals surface area contributed by atoms with Crippen molar-refractivity contribution >= 4 is 22.9 Å². The molecule has 4 aromatic rings. The summed E-state index contributed by atoms with van der Waals surface area (Å²) < 4.78 is 7.49. The molecule has 0 saturated carbocycles. The molecule has 0 fully saturated rings. The molecule has 26 heavy (non-hydrogen) atoms. The quantitative estimate of drug-likeness (QED) is 0.556. The summed E-state index contributed by atoms with van der Waals surface area (Å²) >= 11 is 5.99. The Morgan fingerprint density at radius 2 is 1.88 bits per heavy atom. The van der Waals surface area contributed by atoms with Crippen molar-refractivity contribution in [3.8, 4) is 22.8 Å². The van der Waals surface area contributed by atoms with Gasteiger partial charge in [-0.15, -0.1) is 15.3 Å². The molecule has 2 aromatic carbocycles. The first kappa shape index (κ1) is 16.4. The van der Waals surface area contributed by atoms with Crippen LogP contribution in [-0.2, 0) is 0 Å². The third kappa shape index (κ3) is 3.19. The lowest BCUT2D eigenvalue weighted by Gasteiger charge is -2.13. The van der Waals surface area contributed by atoms with Crippen molar-refractivity contribution in [1.82, 2.24) is 19.8 Å². The highest BCUT2D eigenvalue weighted by Gasteiger charge is 2.11. The Hall–Kier alpha value is -3.12. The van der Waals surface area contributed by atoms with Crippen molar-refractivity contribution in [2.45, 2.75) is 6.92 Å². The van der Waals surface area contributed by atoms with Crippen LogP contribution < -0.4 is 10.1 Å². The summed E-state index contributed by atoms with van der Waals surface area (Å²) in [6, 6.07) is 19.6. The first-order valence-corrected chi connectivity index (χ1v) is 8.61. The van der Waals surface area contributed by atoms with Crippen molar-refractivity contribution in [2.75, 3.05) is 11.9 Å². The molecule has 2 heterocycles. The normalized spacial score (nSPS) is 10.8. The van der Waals surface area contributed by atoms with E-state index in [9.17, 15) is 0 Å². The zero-order valence-electron chi connectivity index (χ0n) is 14.1. The summed E-state index contributed by atoms with van der Waals surface area (Å²) in [5.74, 6) is 1.11. The molecule has 0 aliphatic rings. The second-order valence-electron chi connectivity index (χ2n) is 5.62. The van der Waals surface area contributed by atoms with Gasteiger partial charge in [0.2, 0.25) is 11.2 Å². The molecule has 0 radical (unpaired) electrons. The van der Waals surface area contributed by atoms with Gasteiger partial charge in [-0.25, -0.2) is 0 Å². The minimum Gasteiger partial charge on any atom is -0.437 e. The third-order valence-corrected chi connectivity index (χ3v) is 4.10. The van der Waals surface area contributed by atoms with Gasteiger partial charge in [-0.05, 0) is 48.4 Å². The third-order valence-electron chi connectivity index (χ3n) is 3.86.